The highest BCUT2D eigenvalue weighted by Gasteiger charge is 2.31. The van der Waals surface area contributed by atoms with Gasteiger partial charge in [-0.1, -0.05) is 72.7 Å². The van der Waals surface area contributed by atoms with Crippen molar-refractivity contribution in [2.75, 3.05) is 18.0 Å². The number of allylic oxidation sites excluding steroid dienone is 1. The van der Waals surface area contributed by atoms with Gasteiger partial charge in [-0.3, -0.25) is 9.69 Å². The lowest BCUT2D eigenvalue weighted by atomic mass is 10.0. The normalized spacial score (nSPS) is 15.7. The molecule has 0 spiro atoms. The molecule has 1 aliphatic rings. The lowest BCUT2D eigenvalue weighted by Gasteiger charge is -2.32. The number of benzene rings is 2. The van der Waals surface area contributed by atoms with Gasteiger partial charge >= 0.3 is 0 Å². The molecule has 1 aromatic heterocycles. The Morgan fingerprint density at radius 1 is 1.07 bits per heavy atom. The molecule has 1 N–H and O–H groups in total. The van der Waals surface area contributed by atoms with E-state index in [0.717, 1.165) is 23.2 Å². The largest absolute Gasteiger partial charge is 0.355 e. The number of amides is 1. The molecule has 7 heteroatoms. The minimum absolute atomic E-state index is 0.0589. The summed E-state index contributed by atoms with van der Waals surface area (Å²) >= 11 is 0. The van der Waals surface area contributed by atoms with Gasteiger partial charge in [0.15, 0.2) is 0 Å². The second-order valence-electron chi connectivity index (χ2n) is 6.63. The van der Waals surface area contributed by atoms with Crippen molar-refractivity contribution in [3.05, 3.63) is 77.9 Å². The zero-order chi connectivity index (χ0) is 19.3. The van der Waals surface area contributed by atoms with Crippen LogP contribution in [0.25, 0.3) is 5.70 Å². The first kappa shape index (κ1) is 17.9. The SMILES string of the molecule is CCCNC(=O)CN1C(c2ccccc2)=C[C@@H](c2ccccc2)n2nnnc21. The van der Waals surface area contributed by atoms with Crippen LogP contribution >= 0.6 is 0 Å². The zero-order valence-electron chi connectivity index (χ0n) is 15.7. The molecule has 1 atom stereocenters. The van der Waals surface area contributed by atoms with Crippen molar-refractivity contribution in [1.29, 1.82) is 0 Å². The first-order valence-electron chi connectivity index (χ1n) is 9.42. The van der Waals surface area contributed by atoms with Crippen molar-refractivity contribution in [2.24, 2.45) is 0 Å². The number of fused-ring (bicyclic) bond motifs is 1. The van der Waals surface area contributed by atoms with E-state index in [1.807, 2.05) is 60.4 Å². The van der Waals surface area contributed by atoms with Crippen molar-refractivity contribution in [2.45, 2.75) is 19.4 Å². The predicted molar refractivity (Wildman–Crippen MR) is 107 cm³/mol. The quantitative estimate of drug-likeness (QED) is 0.718. The molecular weight excluding hydrogens is 352 g/mol. The molecule has 7 nitrogen and oxygen atoms in total. The van der Waals surface area contributed by atoms with E-state index in [1.54, 1.807) is 4.68 Å². The fourth-order valence-corrected chi connectivity index (χ4v) is 3.33. The van der Waals surface area contributed by atoms with Crippen molar-refractivity contribution >= 4 is 17.6 Å². The van der Waals surface area contributed by atoms with Gasteiger partial charge in [0, 0.05) is 6.54 Å². The van der Waals surface area contributed by atoms with Gasteiger partial charge in [0.1, 0.15) is 12.6 Å². The van der Waals surface area contributed by atoms with Crippen molar-refractivity contribution in [3.63, 3.8) is 0 Å². The third kappa shape index (κ3) is 3.51. The van der Waals surface area contributed by atoms with E-state index in [-0.39, 0.29) is 18.5 Å². The molecule has 0 unspecified atom stereocenters. The fourth-order valence-electron chi connectivity index (χ4n) is 3.33. The Hall–Kier alpha value is -3.48. The molecule has 2 heterocycles. The van der Waals surface area contributed by atoms with Crippen molar-refractivity contribution in [3.8, 4) is 0 Å². The number of carbonyl (C=O) groups excluding carboxylic acids is 1. The van der Waals surface area contributed by atoms with Crippen molar-refractivity contribution in [1.82, 2.24) is 25.5 Å². The Labute approximate surface area is 163 Å². The molecule has 1 aliphatic heterocycles. The Morgan fingerprint density at radius 3 is 2.50 bits per heavy atom. The molecule has 4 rings (SSSR count). The topological polar surface area (TPSA) is 75.9 Å². The number of hydrogen-bond acceptors (Lipinski definition) is 5. The summed E-state index contributed by atoms with van der Waals surface area (Å²) in [5.41, 5.74) is 3.02. The Bertz CT molecular complexity index is 967. The minimum atomic E-state index is -0.142. The van der Waals surface area contributed by atoms with Crippen LogP contribution in [0.3, 0.4) is 0 Å². The van der Waals surface area contributed by atoms with Crippen molar-refractivity contribution < 1.29 is 4.79 Å². The molecule has 0 radical (unpaired) electrons. The molecule has 0 bridgehead atoms. The molecular formula is C21H22N6O. The second kappa shape index (κ2) is 8.04. The summed E-state index contributed by atoms with van der Waals surface area (Å²) in [5, 5.41) is 15.2. The number of hydrogen-bond donors (Lipinski definition) is 1. The van der Waals surface area contributed by atoms with E-state index in [9.17, 15) is 4.79 Å². The zero-order valence-corrected chi connectivity index (χ0v) is 15.7. The van der Waals surface area contributed by atoms with Gasteiger partial charge in [0.2, 0.25) is 5.91 Å². The molecule has 0 fully saturated rings. The van der Waals surface area contributed by atoms with E-state index >= 15 is 0 Å². The highest BCUT2D eigenvalue weighted by atomic mass is 16.2. The van der Waals surface area contributed by atoms with Crippen LogP contribution in [0.2, 0.25) is 0 Å². The lowest BCUT2D eigenvalue weighted by molar-refractivity contribution is -0.119. The molecule has 2 aromatic carbocycles. The van der Waals surface area contributed by atoms with Crippen LogP contribution in [0.1, 0.15) is 30.5 Å². The molecule has 142 valence electrons. The van der Waals surface area contributed by atoms with Gasteiger partial charge in [0.05, 0.1) is 5.70 Å². The molecule has 0 aliphatic carbocycles. The number of anilines is 1. The van der Waals surface area contributed by atoms with E-state index in [1.165, 1.54) is 0 Å². The Balaban J connectivity index is 1.78. The summed E-state index contributed by atoms with van der Waals surface area (Å²) in [4.78, 5) is 14.3. The summed E-state index contributed by atoms with van der Waals surface area (Å²) < 4.78 is 1.76. The van der Waals surface area contributed by atoms with Gasteiger partial charge < -0.3 is 5.32 Å². The van der Waals surface area contributed by atoms with E-state index in [4.69, 9.17) is 0 Å². The summed E-state index contributed by atoms with van der Waals surface area (Å²) in [5.74, 6) is 0.498. The van der Waals surface area contributed by atoms with Crippen LogP contribution in [0, 0.1) is 0 Å². The number of tetrazole rings is 1. The maximum absolute atomic E-state index is 12.5. The fraction of sp³-hybridized carbons (Fsp3) is 0.238. The summed E-state index contributed by atoms with van der Waals surface area (Å²) in [6.07, 6.45) is 3.00. The van der Waals surface area contributed by atoms with E-state index in [0.29, 0.717) is 12.5 Å². The summed E-state index contributed by atoms with van der Waals surface area (Å²) in [6.45, 7) is 2.83. The average molecular weight is 374 g/mol. The first-order chi connectivity index (χ1) is 13.8. The van der Waals surface area contributed by atoms with Gasteiger partial charge in [0.25, 0.3) is 5.95 Å². The monoisotopic (exact) mass is 374 g/mol. The molecule has 0 saturated heterocycles. The number of nitrogens with zero attached hydrogens (tertiary/aromatic N) is 5. The van der Waals surface area contributed by atoms with Gasteiger partial charge in [-0.25, -0.2) is 0 Å². The predicted octanol–water partition coefficient (Wildman–Crippen LogP) is 2.65. The molecule has 0 saturated carbocycles. The van der Waals surface area contributed by atoms with Gasteiger partial charge in [-0.05, 0) is 34.1 Å². The molecule has 3 aromatic rings. The maximum atomic E-state index is 12.5. The lowest BCUT2D eigenvalue weighted by Crippen LogP contribution is -2.40. The van der Waals surface area contributed by atoms with Crippen LogP contribution < -0.4 is 10.2 Å². The van der Waals surface area contributed by atoms with Crippen LogP contribution in [-0.4, -0.2) is 39.2 Å². The third-order valence-corrected chi connectivity index (χ3v) is 4.67. The Morgan fingerprint density at radius 2 is 1.79 bits per heavy atom. The maximum Gasteiger partial charge on any atom is 0.251 e. The first-order valence-corrected chi connectivity index (χ1v) is 9.42. The average Bonchev–Trinajstić information content (AvgIpc) is 3.24. The number of rotatable bonds is 6. The van der Waals surface area contributed by atoms with Crippen LogP contribution in [0.15, 0.2) is 66.7 Å². The minimum Gasteiger partial charge on any atom is -0.355 e. The summed E-state index contributed by atoms with van der Waals surface area (Å²) in [6, 6.07) is 20.0. The summed E-state index contributed by atoms with van der Waals surface area (Å²) in [7, 11) is 0. The molecule has 28 heavy (non-hydrogen) atoms. The Kier molecular flexibility index (Phi) is 5.14. The van der Waals surface area contributed by atoms with Gasteiger partial charge in [-0.15, -0.1) is 0 Å². The van der Waals surface area contributed by atoms with E-state index in [2.05, 4.69) is 39.1 Å². The number of carbonyl (C=O) groups is 1. The molecule has 1 amide bonds. The second-order valence-corrected chi connectivity index (χ2v) is 6.63. The van der Waals surface area contributed by atoms with Crippen LogP contribution in [0.4, 0.5) is 5.95 Å². The van der Waals surface area contributed by atoms with Crippen LogP contribution in [0.5, 0.6) is 0 Å². The van der Waals surface area contributed by atoms with E-state index < -0.39 is 0 Å². The van der Waals surface area contributed by atoms with Gasteiger partial charge in [-0.2, -0.15) is 4.68 Å². The third-order valence-electron chi connectivity index (χ3n) is 4.67. The van der Waals surface area contributed by atoms with Crippen LogP contribution in [-0.2, 0) is 4.79 Å². The smallest absolute Gasteiger partial charge is 0.251 e. The number of aromatic nitrogens is 4. The number of nitrogens with one attached hydrogen (secondary N) is 1. The highest BCUT2D eigenvalue weighted by molar-refractivity contribution is 5.89. The highest BCUT2D eigenvalue weighted by Crippen LogP contribution is 2.35. The standard InChI is InChI=1S/C21H22N6O/c1-2-13-22-20(28)15-26-18(16-9-5-3-6-10-16)14-19(17-11-7-4-8-12-17)27-21(26)23-24-25-27/h3-12,14,19H,2,13,15H2,1H3,(H,22,28)/t19-/m0/s1.